The number of carbonyl (C=O) groups excluding carboxylic acids is 1. The molecule has 0 atom stereocenters. The van der Waals surface area contributed by atoms with E-state index in [1.54, 1.807) is 0 Å². The predicted octanol–water partition coefficient (Wildman–Crippen LogP) is 1.92. The summed E-state index contributed by atoms with van der Waals surface area (Å²) in [6, 6.07) is 0. The van der Waals surface area contributed by atoms with Crippen LogP contribution < -0.4 is 0 Å². The van der Waals surface area contributed by atoms with Gasteiger partial charge in [0.15, 0.2) is 0 Å². The average Bonchev–Trinajstić information content (AvgIpc) is 2.16. The van der Waals surface area contributed by atoms with Gasteiger partial charge in [-0.25, -0.2) is 4.79 Å². The normalized spacial score (nSPS) is 10.2. The van der Waals surface area contributed by atoms with Crippen molar-refractivity contribution in [3.05, 3.63) is 24.3 Å². The summed E-state index contributed by atoms with van der Waals surface area (Å²) in [5.74, 6) is -1.72. The van der Waals surface area contributed by atoms with Crippen molar-refractivity contribution in [3.8, 4) is 0 Å². The molecule has 0 amide bonds. The monoisotopic (exact) mass is 212 g/mol. The highest BCUT2D eigenvalue weighted by Crippen LogP contribution is 2.01. The van der Waals surface area contributed by atoms with Crippen LogP contribution in [-0.4, -0.2) is 23.7 Å². The molecule has 0 aliphatic heterocycles. The summed E-state index contributed by atoms with van der Waals surface area (Å²) in [5.41, 5.74) is -0.0260. The number of carboxylic acids is 1. The van der Waals surface area contributed by atoms with Gasteiger partial charge in [0.05, 0.1) is 13.0 Å². The van der Waals surface area contributed by atoms with Crippen LogP contribution in [0.4, 0.5) is 0 Å². The summed E-state index contributed by atoms with van der Waals surface area (Å²) in [5, 5.41) is 8.39. The first-order valence-corrected chi connectivity index (χ1v) is 4.79. The predicted molar refractivity (Wildman–Crippen MR) is 56.4 cm³/mol. The molecule has 0 aromatic carbocycles. The van der Waals surface area contributed by atoms with Crippen LogP contribution in [-0.2, 0) is 14.3 Å². The molecule has 0 aliphatic rings. The topological polar surface area (TPSA) is 63.6 Å². The fourth-order valence-electron chi connectivity index (χ4n) is 0.861. The molecule has 0 bridgehead atoms. The van der Waals surface area contributed by atoms with Crippen molar-refractivity contribution in [2.45, 2.75) is 26.2 Å². The first-order chi connectivity index (χ1) is 7.07. The number of carboxylic acid groups (broad SMARTS) is 1. The fraction of sp³-hybridized carbons (Fsp3) is 0.455. The van der Waals surface area contributed by atoms with E-state index in [1.807, 2.05) is 19.1 Å². The third-order valence-electron chi connectivity index (χ3n) is 1.57. The zero-order chi connectivity index (χ0) is 11.7. The third-order valence-corrected chi connectivity index (χ3v) is 1.57. The maximum absolute atomic E-state index is 11.1. The second-order valence-electron chi connectivity index (χ2n) is 2.98. The Kier molecular flexibility index (Phi) is 6.97. The highest BCUT2D eigenvalue weighted by atomic mass is 16.5. The van der Waals surface area contributed by atoms with E-state index in [0.717, 1.165) is 6.42 Å². The van der Waals surface area contributed by atoms with Gasteiger partial charge < -0.3 is 9.84 Å². The van der Waals surface area contributed by atoms with Gasteiger partial charge in [-0.2, -0.15) is 0 Å². The summed E-state index contributed by atoms with van der Waals surface area (Å²) < 4.78 is 4.80. The Labute approximate surface area is 89.2 Å². The Morgan fingerprint density at radius 1 is 1.40 bits per heavy atom. The van der Waals surface area contributed by atoms with E-state index in [-0.39, 0.29) is 18.6 Å². The van der Waals surface area contributed by atoms with Gasteiger partial charge in [-0.3, -0.25) is 4.79 Å². The maximum Gasteiger partial charge on any atom is 0.334 e. The van der Waals surface area contributed by atoms with Crippen LogP contribution in [0.3, 0.4) is 0 Å². The van der Waals surface area contributed by atoms with Gasteiger partial charge in [0.1, 0.15) is 0 Å². The van der Waals surface area contributed by atoms with E-state index in [0.29, 0.717) is 6.42 Å². The summed E-state index contributed by atoms with van der Waals surface area (Å²) in [6.07, 6.45) is 5.09. The lowest BCUT2D eigenvalue weighted by Gasteiger charge is -2.03. The number of carbonyl (C=O) groups is 2. The molecule has 0 saturated heterocycles. The lowest BCUT2D eigenvalue weighted by molar-refractivity contribution is -0.142. The van der Waals surface area contributed by atoms with Crippen molar-refractivity contribution in [2.75, 3.05) is 6.61 Å². The number of allylic oxidation sites excluding steroid dienone is 1. The highest BCUT2D eigenvalue weighted by Gasteiger charge is 2.11. The molecule has 84 valence electrons. The minimum absolute atomic E-state index is 0.0260. The molecular formula is C11H16O4. The minimum atomic E-state index is -1.08. The second kappa shape index (κ2) is 7.79. The SMILES string of the molecule is C=C(CC(=O)O)C(=O)OCCC=CCC. The van der Waals surface area contributed by atoms with Gasteiger partial charge in [-0.05, 0) is 12.8 Å². The van der Waals surface area contributed by atoms with Crippen molar-refractivity contribution in [2.24, 2.45) is 0 Å². The van der Waals surface area contributed by atoms with E-state index in [4.69, 9.17) is 9.84 Å². The molecule has 0 radical (unpaired) electrons. The van der Waals surface area contributed by atoms with Gasteiger partial charge >= 0.3 is 11.9 Å². The molecule has 4 nitrogen and oxygen atoms in total. The van der Waals surface area contributed by atoms with Crippen LogP contribution in [0.25, 0.3) is 0 Å². The molecule has 1 N–H and O–H groups in total. The molecular weight excluding hydrogens is 196 g/mol. The second-order valence-corrected chi connectivity index (χ2v) is 2.98. The van der Waals surface area contributed by atoms with Gasteiger partial charge in [-0.15, -0.1) is 0 Å². The first-order valence-electron chi connectivity index (χ1n) is 4.79. The molecule has 0 aromatic rings. The highest BCUT2D eigenvalue weighted by molar-refractivity contribution is 5.92. The third kappa shape index (κ3) is 7.49. The van der Waals surface area contributed by atoms with Gasteiger partial charge in [-0.1, -0.05) is 25.7 Å². The van der Waals surface area contributed by atoms with E-state index >= 15 is 0 Å². The van der Waals surface area contributed by atoms with Gasteiger partial charge in [0.25, 0.3) is 0 Å². The number of rotatable bonds is 7. The number of ether oxygens (including phenoxy) is 1. The van der Waals surface area contributed by atoms with Gasteiger partial charge in [0.2, 0.25) is 0 Å². The average molecular weight is 212 g/mol. The quantitative estimate of drug-likeness (QED) is 0.303. The van der Waals surface area contributed by atoms with E-state index in [2.05, 4.69) is 6.58 Å². The van der Waals surface area contributed by atoms with Gasteiger partial charge in [0, 0.05) is 5.57 Å². The first kappa shape index (κ1) is 13.4. The molecule has 0 heterocycles. The van der Waals surface area contributed by atoms with Crippen molar-refractivity contribution in [1.82, 2.24) is 0 Å². The zero-order valence-corrected chi connectivity index (χ0v) is 8.86. The minimum Gasteiger partial charge on any atom is -0.481 e. The van der Waals surface area contributed by atoms with E-state index in [9.17, 15) is 9.59 Å². The summed E-state index contributed by atoms with van der Waals surface area (Å²) in [4.78, 5) is 21.4. The Balaban J connectivity index is 3.69. The standard InChI is InChI=1S/C11H16O4/c1-3-4-5-6-7-15-11(14)9(2)8-10(12)13/h4-5H,2-3,6-8H2,1H3,(H,12,13). The zero-order valence-electron chi connectivity index (χ0n) is 8.86. The van der Waals surface area contributed by atoms with Crippen molar-refractivity contribution in [3.63, 3.8) is 0 Å². The largest absolute Gasteiger partial charge is 0.481 e. The molecule has 0 fully saturated rings. The lowest BCUT2D eigenvalue weighted by atomic mass is 10.2. The summed E-state index contributed by atoms with van der Waals surface area (Å²) in [7, 11) is 0. The maximum atomic E-state index is 11.1. The molecule has 0 spiro atoms. The van der Waals surface area contributed by atoms with E-state index < -0.39 is 11.9 Å². The molecule has 0 aliphatic carbocycles. The number of hydrogen-bond acceptors (Lipinski definition) is 3. The molecule has 4 heteroatoms. The van der Waals surface area contributed by atoms with Crippen LogP contribution in [0.5, 0.6) is 0 Å². The van der Waals surface area contributed by atoms with E-state index in [1.165, 1.54) is 0 Å². The Morgan fingerprint density at radius 3 is 2.60 bits per heavy atom. The Hall–Kier alpha value is -1.58. The van der Waals surface area contributed by atoms with Crippen LogP contribution >= 0.6 is 0 Å². The molecule has 0 rings (SSSR count). The lowest BCUT2D eigenvalue weighted by Crippen LogP contribution is -2.11. The molecule has 0 aromatic heterocycles. The van der Waals surface area contributed by atoms with Crippen LogP contribution in [0, 0.1) is 0 Å². The smallest absolute Gasteiger partial charge is 0.334 e. The van der Waals surface area contributed by atoms with Crippen molar-refractivity contribution >= 4 is 11.9 Å². The van der Waals surface area contributed by atoms with Crippen LogP contribution in [0.2, 0.25) is 0 Å². The Morgan fingerprint density at radius 2 is 2.07 bits per heavy atom. The fourth-order valence-corrected chi connectivity index (χ4v) is 0.861. The molecule has 0 saturated carbocycles. The van der Waals surface area contributed by atoms with Crippen molar-refractivity contribution < 1.29 is 19.4 Å². The van der Waals surface area contributed by atoms with Crippen LogP contribution in [0.15, 0.2) is 24.3 Å². The Bertz CT molecular complexity index is 266. The number of hydrogen-bond donors (Lipinski definition) is 1. The summed E-state index contributed by atoms with van der Waals surface area (Å²) >= 11 is 0. The molecule has 0 unspecified atom stereocenters. The van der Waals surface area contributed by atoms with Crippen LogP contribution in [0.1, 0.15) is 26.2 Å². The number of aliphatic carboxylic acids is 1. The molecule has 15 heavy (non-hydrogen) atoms. The number of esters is 1. The summed E-state index contributed by atoms with van der Waals surface area (Å²) in [6.45, 7) is 5.61. The van der Waals surface area contributed by atoms with Crippen molar-refractivity contribution in [1.29, 1.82) is 0 Å².